The van der Waals surface area contributed by atoms with Gasteiger partial charge in [-0.15, -0.1) is 0 Å². The molecule has 2 heteroatoms. The smallest absolute Gasteiger partial charge is 0.119 e. The molecule has 0 aliphatic carbocycles. The molecule has 1 aromatic carbocycles. The Balaban J connectivity index is 3.17. The number of allylic oxidation sites excluding steroid dienone is 2. The molecule has 0 atom stereocenters. The maximum atomic E-state index is 9.30. The van der Waals surface area contributed by atoms with Crippen LogP contribution in [0.1, 0.15) is 31.9 Å². The zero-order valence-corrected chi connectivity index (χ0v) is 11.1. The van der Waals surface area contributed by atoms with Crippen LogP contribution < -0.4 is 0 Å². The van der Waals surface area contributed by atoms with Gasteiger partial charge >= 0.3 is 0 Å². The monoisotopic (exact) mass is 228 g/mol. The van der Waals surface area contributed by atoms with E-state index in [1.54, 1.807) is 0 Å². The minimum absolute atomic E-state index is 0.777. The van der Waals surface area contributed by atoms with Gasteiger partial charge in [-0.05, 0) is 38.8 Å². The van der Waals surface area contributed by atoms with Crippen molar-refractivity contribution in [3.8, 4) is 6.07 Å². The lowest BCUT2D eigenvalue weighted by Crippen LogP contribution is -2.22. The van der Waals surface area contributed by atoms with E-state index in [1.807, 2.05) is 6.92 Å². The summed E-state index contributed by atoms with van der Waals surface area (Å²) in [6.45, 7) is 9.96. The van der Waals surface area contributed by atoms with Gasteiger partial charge in [-0.25, -0.2) is 0 Å². The summed E-state index contributed by atoms with van der Waals surface area (Å²) in [5.74, 6) is 0. The molecule has 0 bridgehead atoms. The summed E-state index contributed by atoms with van der Waals surface area (Å²) in [7, 11) is 0. The molecular formula is C15H20N2. The molecule has 0 aromatic heterocycles. The third-order valence-electron chi connectivity index (χ3n) is 3.03. The first-order valence-electron chi connectivity index (χ1n) is 6.07. The topological polar surface area (TPSA) is 27.0 Å². The van der Waals surface area contributed by atoms with Crippen molar-refractivity contribution >= 4 is 5.57 Å². The molecule has 0 spiro atoms. The highest BCUT2D eigenvalue weighted by Gasteiger charge is 2.10. The first-order chi connectivity index (χ1) is 8.13. The van der Waals surface area contributed by atoms with E-state index >= 15 is 0 Å². The van der Waals surface area contributed by atoms with Crippen molar-refractivity contribution in [3.05, 3.63) is 41.1 Å². The summed E-state index contributed by atoms with van der Waals surface area (Å²) < 4.78 is 0. The Labute approximate surface area is 104 Å². The molecule has 0 aliphatic heterocycles. The fourth-order valence-electron chi connectivity index (χ4n) is 1.87. The van der Waals surface area contributed by atoms with Crippen molar-refractivity contribution in [2.24, 2.45) is 0 Å². The van der Waals surface area contributed by atoms with Gasteiger partial charge in [0.05, 0.1) is 0 Å². The second-order valence-electron chi connectivity index (χ2n) is 4.12. The van der Waals surface area contributed by atoms with Crippen molar-refractivity contribution in [1.29, 1.82) is 5.26 Å². The van der Waals surface area contributed by atoms with Crippen molar-refractivity contribution in [3.63, 3.8) is 0 Å². The summed E-state index contributed by atoms with van der Waals surface area (Å²) >= 11 is 0. The molecule has 2 nitrogen and oxygen atoms in total. The molecule has 0 fully saturated rings. The third-order valence-corrected chi connectivity index (χ3v) is 3.03. The fourth-order valence-corrected chi connectivity index (χ4v) is 1.87. The molecule has 0 amide bonds. The molecule has 1 aromatic rings. The van der Waals surface area contributed by atoms with E-state index in [9.17, 15) is 5.26 Å². The van der Waals surface area contributed by atoms with Crippen LogP contribution in [0.4, 0.5) is 0 Å². The fraction of sp³-hybridized carbons (Fsp3) is 0.400. The van der Waals surface area contributed by atoms with E-state index in [4.69, 9.17) is 0 Å². The van der Waals surface area contributed by atoms with Gasteiger partial charge in [0, 0.05) is 13.1 Å². The van der Waals surface area contributed by atoms with E-state index in [0.717, 1.165) is 29.9 Å². The maximum Gasteiger partial charge on any atom is 0.119 e. The van der Waals surface area contributed by atoms with Gasteiger partial charge in [-0.3, -0.25) is 0 Å². The van der Waals surface area contributed by atoms with Crippen LogP contribution in [0.25, 0.3) is 5.57 Å². The molecule has 0 aliphatic rings. The van der Waals surface area contributed by atoms with Crippen LogP contribution in [-0.2, 0) is 0 Å². The number of benzene rings is 1. The van der Waals surface area contributed by atoms with E-state index in [2.05, 4.69) is 56.0 Å². The lowest BCUT2D eigenvalue weighted by Gasteiger charge is -2.21. The summed E-state index contributed by atoms with van der Waals surface area (Å²) in [5, 5.41) is 9.30. The number of hydrogen-bond acceptors (Lipinski definition) is 2. The number of nitriles is 1. The van der Waals surface area contributed by atoms with Crippen molar-refractivity contribution < 1.29 is 0 Å². The van der Waals surface area contributed by atoms with E-state index in [-0.39, 0.29) is 0 Å². The molecule has 0 unspecified atom stereocenters. The first-order valence-corrected chi connectivity index (χ1v) is 6.07. The van der Waals surface area contributed by atoms with Crippen LogP contribution in [0.3, 0.4) is 0 Å². The molecule has 17 heavy (non-hydrogen) atoms. The molecular weight excluding hydrogens is 208 g/mol. The Hall–Kier alpha value is -1.75. The van der Waals surface area contributed by atoms with E-state index in [1.165, 1.54) is 5.56 Å². The lowest BCUT2D eigenvalue weighted by molar-refractivity contribution is 0.398. The van der Waals surface area contributed by atoms with Crippen LogP contribution in [0.5, 0.6) is 0 Å². The Morgan fingerprint density at radius 3 is 2.12 bits per heavy atom. The number of aryl methyl sites for hydroxylation is 1. The highest BCUT2D eigenvalue weighted by atomic mass is 15.1. The van der Waals surface area contributed by atoms with Gasteiger partial charge in [-0.1, -0.05) is 29.8 Å². The minimum atomic E-state index is 0.777. The average Bonchev–Trinajstić information content (AvgIpc) is 2.36. The van der Waals surface area contributed by atoms with Crippen molar-refractivity contribution in [1.82, 2.24) is 4.90 Å². The van der Waals surface area contributed by atoms with E-state index < -0.39 is 0 Å². The average molecular weight is 228 g/mol. The second-order valence-corrected chi connectivity index (χ2v) is 4.12. The summed E-state index contributed by atoms with van der Waals surface area (Å²) in [6.07, 6.45) is 0. The normalized spacial score (nSPS) is 11.7. The number of nitrogens with zero attached hydrogens (tertiary/aromatic N) is 2. The standard InChI is InChI=1S/C15H20N2/c1-5-17(6-2)15(11-16)13(4)14-9-7-12(3)8-10-14/h7-10H,5-6H2,1-4H3/b15-13+. The molecule has 0 heterocycles. The van der Waals surface area contributed by atoms with Gasteiger partial charge < -0.3 is 4.90 Å². The van der Waals surface area contributed by atoms with Crippen LogP contribution >= 0.6 is 0 Å². The summed E-state index contributed by atoms with van der Waals surface area (Å²) in [4.78, 5) is 2.09. The largest absolute Gasteiger partial charge is 0.363 e. The predicted molar refractivity (Wildman–Crippen MR) is 72.3 cm³/mol. The Morgan fingerprint density at radius 1 is 1.18 bits per heavy atom. The van der Waals surface area contributed by atoms with Gasteiger partial charge in [0.25, 0.3) is 0 Å². The number of rotatable bonds is 4. The Kier molecular flexibility index (Phi) is 4.78. The molecule has 1 rings (SSSR count). The van der Waals surface area contributed by atoms with Gasteiger partial charge in [0.15, 0.2) is 0 Å². The predicted octanol–water partition coefficient (Wildman–Crippen LogP) is 3.59. The number of hydrogen-bond donors (Lipinski definition) is 0. The molecule has 0 radical (unpaired) electrons. The van der Waals surface area contributed by atoms with Crippen molar-refractivity contribution in [2.45, 2.75) is 27.7 Å². The quantitative estimate of drug-likeness (QED) is 0.736. The van der Waals surface area contributed by atoms with E-state index in [0.29, 0.717) is 0 Å². The Morgan fingerprint density at radius 2 is 1.71 bits per heavy atom. The molecule has 0 saturated heterocycles. The molecule has 0 N–H and O–H groups in total. The second kappa shape index (κ2) is 6.10. The van der Waals surface area contributed by atoms with Crippen LogP contribution in [0, 0.1) is 18.3 Å². The lowest BCUT2D eigenvalue weighted by atomic mass is 10.0. The summed E-state index contributed by atoms with van der Waals surface area (Å²) in [6, 6.07) is 10.6. The Bertz CT molecular complexity index is 431. The van der Waals surface area contributed by atoms with Crippen LogP contribution in [0.15, 0.2) is 30.0 Å². The van der Waals surface area contributed by atoms with Gasteiger partial charge in [0.2, 0.25) is 0 Å². The van der Waals surface area contributed by atoms with Gasteiger partial charge in [-0.2, -0.15) is 5.26 Å². The zero-order chi connectivity index (χ0) is 12.8. The highest BCUT2D eigenvalue weighted by Crippen LogP contribution is 2.20. The molecule has 90 valence electrons. The summed E-state index contributed by atoms with van der Waals surface area (Å²) in [5.41, 5.74) is 4.19. The van der Waals surface area contributed by atoms with Crippen molar-refractivity contribution in [2.75, 3.05) is 13.1 Å². The zero-order valence-electron chi connectivity index (χ0n) is 11.1. The SMILES string of the molecule is CCN(CC)/C(C#N)=C(\C)c1ccc(C)cc1. The maximum absolute atomic E-state index is 9.30. The highest BCUT2D eigenvalue weighted by molar-refractivity contribution is 5.69. The van der Waals surface area contributed by atoms with Crippen LogP contribution in [-0.4, -0.2) is 18.0 Å². The molecule has 0 saturated carbocycles. The first kappa shape index (κ1) is 13.3. The minimum Gasteiger partial charge on any atom is -0.363 e. The van der Waals surface area contributed by atoms with Gasteiger partial charge in [0.1, 0.15) is 11.8 Å². The van der Waals surface area contributed by atoms with Crippen LogP contribution in [0.2, 0.25) is 0 Å². The third kappa shape index (κ3) is 3.10.